The molecule has 0 fully saturated rings. The first-order valence-electron chi connectivity index (χ1n) is 7.01. The third-order valence-corrected chi connectivity index (χ3v) is 3.74. The summed E-state index contributed by atoms with van der Waals surface area (Å²) in [5.41, 5.74) is 6.53. The van der Waals surface area contributed by atoms with E-state index < -0.39 is 0 Å². The van der Waals surface area contributed by atoms with Gasteiger partial charge in [0.25, 0.3) is 5.91 Å². The van der Waals surface area contributed by atoms with Crippen molar-refractivity contribution in [3.05, 3.63) is 54.2 Å². The number of amides is 1. The number of hydrogen-bond donors (Lipinski definition) is 3. The molecule has 22 heavy (non-hydrogen) atoms. The van der Waals surface area contributed by atoms with Crippen LogP contribution in [0.25, 0.3) is 22.0 Å². The smallest absolute Gasteiger partial charge is 0.282 e. The number of benzene rings is 2. The van der Waals surface area contributed by atoms with Crippen molar-refractivity contribution in [2.75, 3.05) is 19.0 Å². The topological polar surface area (TPSA) is 74.2 Å². The highest BCUT2D eigenvalue weighted by molar-refractivity contribution is 6.09. The van der Waals surface area contributed by atoms with Gasteiger partial charge in [0, 0.05) is 36.2 Å². The van der Waals surface area contributed by atoms with Crippen LogP contribution in [0.1, 0.15) is 10.5 Å². The van der Waals surface area contributed by atoms with Crippen LogP contribution in [-0.4, -0.2) is 25.0 Å². The fourth-order valence-corrected chi connectivity index (χ4v) is 2.61. The van der Waals surface area contributed by atoms with Crippen molar-refractivity contribution in [2.24, 2.45) is 5.84 Å². The van der Waals surface area contributed by atoms with Gasteiger partial charge in [0.05, 0.1) is 0 Å². The molecule has 1 heterocycles. The Morgan fingerprint density at radius 2 is 1.77 bits per heavy atom. The normalized spacial score (nSPS) is 10.7. The third-order valence-electron chi connectivity index (χ3n) is 3.74. The van der Waals surface area contributed by atoms with Crippen molar-refractivity contribution in [1.82, 2.24) is 10.4 Å². The van der Waals surface area contributed by atoms with E-state index in [1.165, 1.54) is 0 Å². The van der Waals surface area contributed by atoms with Gasteiger partial charge < -0.3 is 9.88 Å². The highest BCUT2D eigenvalue weighted by Gasteiger charge is 2.18. The number of para-hydroxylation sites is 1. The molecule has 0 spiro atoms. The fraction of sp³-hybridized carbons (Fsp3) is 0.118. The lowest BCUT2D eigenvalue weighted by atomic mass is 10.0. The summed E-state index contributed by atoms with van der Waals surface area (Å²) in [5.74, 6) is 4.98. The highest BCUT2D eigenvalue weighted by atomic mass is 16.2. The van der Waals surface area contributed by atoms with Gasteiger partial charge >= 0.3 is 0 Å². The van der Waals surface area contributed by atoms with Crippen LogP contribution in [0.3, 0.4) is 0 Å². The van der Waals surface area contributed by atoms with Gasteiger partial charge in [0.2, 0.25) is 0 Å². The van der Waals surface area contributed by atoms with E-state index >= 15 is 0 Å². The molecule has 5 heteroatoms. The van der Waals surface area contributed by atoms with E-state index in [-0.39, 0.29) is 5.91 Å². The second-order valence-corrected chi connectivity index (χ2v) is 5.34. The summed E-state index contributed by atoms with van der Waals surface area (Å²) >= 11 is 0. The molecule has 0 aliphatic carbocycles. The fourth-order valence-electron chi connectivity index (χ4n) is 2.61. The van der Waals surface area contributed by atoms with Crippen molar-refractivity contribution < 1.29 is 4.79 Å². The lowest BCUT2D eigenvalue weighted by Crippen LogP contribution is -2.30. The largest absolute Gasteiger partial charge is 0.378 e. The monoisotopic (exact) mass is 294 g/mol. The first kappa shape index (κ1) is 14.2. The summed E-state index contributed by atoms with van der Waals surface area (Å²) in [6, 6.07) is 15.9. The zero-order valence-electron chi connectivity index (χ0n) is 12.6. The van der Waals surface area contributed by atoms with Crippen LogP contribution in [0.5, 0.6) is 0 Å². The van der Waals surface area contributed by atoms with E-state index in [2.05, 4.69) is 10.4 Å². The van der Waals surface area contributed by atoms with Crippen LogP contribution in [0.2, 0.25) is 0 Å². The number of H-pyrrole nitrogens is 1. The molecule has 0 atom stereocenters. The SMILES string of the molecule is CN(C)c1ccc(-c2c(C(=O)NN)[nH]c3ccccc23)cc1. The van der Waals surface area contributed by atoms with Crippen LogP contribution in [0, 0.1) is 0 Å². The predicted molar refractivity (Wildman–Crippen MR) is 89.7 cm³/mol. The summed E-state index contributed by atoms with van der Waals surface area (Å²) in [7, 11) is 3.99. The molecule has 1 amide bonds. The second kappa shape index (κ2) is 5.54. The molecule has 0 radical (unpaired) electrons. The van der Waals surface area contributed by atoms with Gasteiger partial charge in [-0.15, -0.1) is 0 Å². The number of carbonyl (C=O) groups is 1. The Balaban J connectivity index is 2.21. The van der Waals surface area contributed by atoms with Gasteiger partial charge in [0.1, 0.15) is 5.69 Å². The minimum absolute atomic E-state index is 0.331. The van der Waals surface area contributed by atoms with Gasteiger partial charge in [-0.25, -0.2) is 5.84 Å². The number of nitrogens with two attached hydrogens (primary N) is 1. The number of hydrogen-bond acceptors (Lipinski definition) is 3. The molecule has 0 aliphatic rings. The summed E-state index contributed by atoms with van der Waals surface area (Å²) in [6.07, 6.45) is 0. The molecule has 0 bridgehead atoms. The second-order valence-electron chi connectivity index (χ2n) is 5.34. The van der Waals surface area contributed by atoms with Crippen molar-refractivity contribution in [1.29, 1.82) is 0 Å². The molecule has 3 rings (SSSR count). The number of hydrazine groups is 1. The Kier molecular flexibility index (Phi) is 3.56. The number of nitrogen functional groups attached to an aromatic ring is 1. The number of carbonyl (C=O) groups excluding carboxylic acids is 1. The summed E-state index contributed by atoms with van der Waals surface area (Å²) in [6.45, 7) is 0. The molecular formula is C17H18N4O. The maximum Gasteiger partial charge on any atom is 0.282 e. The maximum atomic E-state index is 12.1. The van der Waals surface area contributed by atoms with Crippen molar-refractivity contribution in [3.8, 4) is 11.1 Å². The van der Waals surface area contributed by atoms with Crippen molar-refractivity contribution >= 4 is 22.5 Å². The molecule has 5 nitrogen and oxygen atoms in total. The average molecular weight is 294 g/mol. The van der Waals surface area contributed by atoms with Gasteiger partial charge in [-0.1, -0.05) is 30.3 Å². The Bertz CT molecular complexity index is 818. The number of aromatic nitrogens is 1. The Morgan fingerprint density at radius 1 is 1.09 bits per heavy atom. The first-order valence-corrected chi connectivity index (χ1v) is 7.01. The minimum Gasteiger partial charge on any atom is -0.378 e. The first-order chi connectivity index (χ1) is 10.6. The van der Waals surface area contributed by atoms with E-state index in [0.29, 0.717) is 5.69 Å². The maximum absolute atomic E-state index is 12.1. The van der Waals surface area contributed by atoms with E-state index in [4.69, 9.17) is 5.84 Å². The lowest BCUT2D eigenvalue weighted by Gasteiger charge is -2.13. The van der Waals surface area contributed by atoms with Crippen molar-refractivity contribution in [3.63, 3.8) is 0 Å². The zero-order chi connectivity index (χ0) is 15.7. The van der Waals surface area contributed by atoms with Crippen LogP contribution in [0.15, 0.2) is 48.5 Å². The minimum atomic E-state index is -0.331. The van der Waals surface area contributed by atoms with Crippen LogP contribution in [0.4, 0.5) is 5.69 Å². The van der Waals surface area contributed by atoms with Crippen LogP contribution < -0.4 is 16.2 Å². The molecule has 0 unspecified atom stereocenters. The number of nitrogens with zero attached hydrogens (tertiary/aromatic N) is 1. The van der Waals surface area contributed by atoms with Crippen molar-refractivity contribution in [2.45, 2.75) is 0 Å². The number of nitrogens with one attached hydrogen (secondary N) is 2. The van der Waals surface area contributed by atoms with Gasteiger partial charge in [0.15, 0.2) is 0 Å². The number of rotatable bonds is 3. The third kappa shape index (κ3) is 2.31. The molecule has 4 N–H and O–H groups in total. The standard InChI is InChI=1S/C17H18N4O/c1-21(2)12-9-7-11(8-10-12)15-13-5-3-4-6-14(13)19-16(15)17(22)20-18/h3-10,19H,18H2,1-2H3,(H,20,22). The molecular weight excluding hydrogens is 276 g/mol. The Labute approximate surface area is 128 Å². The van der Waals surface area contributed by atoms with Crippen LogP contribution in [-0.2, 0) is 0 Å². The Hall–Kier alpha value is -2.79. The van der Waals surface area contributed by atoms with E-state index in [1.807, 2.05) is 67.5 Å². The van der Waals surface area contributed by atoms with E-state index in [9.17, 15) is 4.79 Å². The molecule has 1 aromatic heterocycles. The molecule has 112 valence electrons. The number of aromatic amines is 1. The molecule has 3 aromatic rings. The van der Waals surface area contributed by atoms with Gasteiger partial charge in [-0.05, 0) is 23.8 Å². The molecule has 0 aliphatic heterocycles. The van der Waals surface area contributed by atoms with E-state index in [1.54, 1.807) is 0 Å². The summed E-state index contributed by atoms with van der Waals surface area (Å²) in [4.78, 5) is 17.3. The average Bonchev–Trinajstić information content (AvgIpc) is 2.93. The molecule has 0 saturated carbocycles. The van der Waals surface area contributed by atoms with Crippen LogP contribution >= 0.6 is 0 Å². The van der Waals surface area contributed by atoms with Gasteiger partial charge in [-0.2, -0.15) is 0 Å². The number of anilines is 1. The molecule has 2 aromatic carbocycles. The summed E-state index contributed by atoms with van der Waals surface area (Å²) in [5, 5.41) is 0.999. The molecule has 0 saturated heterocycles. The number of fused-ring (bicyclic) bond motifs is 1. The Morgan fingerprint density at radius 3 is 2.41 bits per heavy atom. The zero-order valence-corrected chi connectivity index (χ0v) is 12.6. The van der Waals surface area contributed by atoms with Gasteiger partial charge in [-0.3, -0.25) is 10.2 Å². The quantitative estimate of drug-likeness (QED) is 0.395. The summed E-state index contributed by atoms with van der Waals surface area (Å²) < 4.78 is 0. The van der Waals surface area contributed by atoms with E-state index in [0.717, 1.165) is 27.7 Å². The lowest BCUT2D eigenvalue weighted by molar-refractivity contribution is 0.0950. The predicted octanol–water partition coefficient (Wildman–Crippen LogP) is 2.50. The highest BCUT2D eigenvalue weighted by Crippen LogP contribution is 2.33.